The minimum absolute atomic E-state index is 0. The molecule has 120 valence electrons. The molecule has 0 radical (unpaired) electrons. The Morgan fingerprint density at radius 2 is 1.46 bits per heavy atom. The van der Waals surface area contributed by atoms with E-state index in [1.54, 1.807) is 5.92 Å². The standard InChI is InChI=1S/C23H23.Zr/c1-2-17(23-16-15-19-8-4-6-10-22(19)23)11-12-20-14-13-18-7-3-5-9-21(18)20;/h3-10,13-16,20,23H,2,11-12H2,1H3;/q-1;. The molecule has 2 aromatic rings. The number of benzene rings is 2. The Hall–Kier alpha value is -1.20. The van der Waals surface area contributed by atoms with Crippen LogP contribution in [0, 0.1) is 5.92 Å². The number of hydrogen-bond donors (Lipinski definition) is 0. The summed E-state index contributed by atoms with van der Waals surface area (Å²) in [5.41, 5.74) is 5.80. The molecule has 0 aliphatic heterocycles. The number of allylic oxidation sites excluding steroid dienone is 2. The summed E-state index contributed by atoms with van der Waals surface area (Å²) in [5.74, 6) is 2.79. The van der Waals surface area contributed by atoms with Gasteiger partial charge in [-0.15, -0.1) is 12.0 Å². The first-order valence-electron chi connectivity index (χ1n) is 8.75. The first-order valence-corrected chi connectivity index (χ1v) is 8.75. The van der Waals surface area contributed by atoms with Crippen LogP contribution in [-0.2, 0) is 26.2 Å². The van der Waals surface area contributed by atoms with E-state index < -0.39 is 0 Å². The zero-order valence-electron chi connectivity index (χ0n) is 14.2. The van der Waals surface area contributed by atoms with E-state index in [9.17, 15) is 0 Å². The second-order valence-corrected chi connectivity index (χ2v) is 6.61. The minimum Gasteiger partial charge on any atom is -0.303 e. The van der Waals surface area contributed by atoms with Gasteiger partial charge in [0.25, 0.3) is 0 Å². The molecule has 0 spiro atoms. The van der Waals surface area contributed by atoms with Gasteiger partial charge in [0.05, 0.1) is 0 Å². The van der Waals surface area contributed by atoms with Gasteiger partial charge in [0.15, 0.2) is 0 Å². The van der Waals surface area contributed by atoms with Crippen LogP contribution in [-0.4, -0.2) is 0 Å². The SMILES string of the molecule is CC[C-](CCC1C=Cc2ccccc21)C1C=Cc2ccccc21.[Zr]. The average Bonchev–Trinajstić information content (AvgIpc) is 3.20. The summed E-state index contributed by atoms with van der Waals surface area (Å²) < 4.78 is 0. The van der Waals surface area contributed by atoms with Gasteiger partial charge in [-0.3, -0.25) is 0 Å². The summed E-state index contributed by atoms with van der Waals surface area (Å²) in [6.45, 7) is 2.31. The predicted octanol–water partition coefficient (Wildman–Crippen LogP) is 6.37. The van der Waals surface area contributed by atoms with E-state index in [2.05, 4.69) is 79.8 Å². The zero-order chi connectivity index (χ0) is 15.6. The van der Waals surface area contributed by atoms with Crippen molar-refractivity contribution in [3.63, 3.8) is 0 Å². The number of fused-ring (bicyclic) bond motifs is 2. The van der Waals surface area contributed by atoms with Crippen molar-refractivity contribution >= 4 is 12.2 Å². The maximum Gasteiger partial charge on any atom is 0.000306 e. The molecule has 2 aromatic carbocycles. The molecule has 0 nitrogen and oxygen atoms in total. The molecule has 0 saturated carbocycles. The fraction of sp³-hybridized carbons (Fsp3) is 0.261. The quantitative estimate of drug-likeness (QED) is 0.520. The third-order valence-electron chi connectivity index (χ3n) is 5.37. The van der Waals surface area contributed by atoms with Gasteiger partial charge in [-0.05, 0) is 16.7 Å². The molecule has 0 bridgehead atoms. The first kappa shape index (κ1) is 17.6. The molecule has 0 amide bonds. The summed E-state index contributed by atoms with van der Waals surface area (Å²) in [6, 6.07) is 17.6. The molecule has 0 heterocycles. The summed E-state index contributed by atoms with van der Waals surface area (Å²) in [5, 5.41) is 0. The topological polar surface area (TPSA) is 0 Å². The largest absolute Gasteiger partial charge is 0.303 e. The maximum atomic E-state index is 2.39. The molecule has 24 heavy (non-hydrogen) atoms. The molecule has 1 heteroatoms. The molecule has 2 unspecified atom stereocenters. The van der Waals surface area contributed by atoms with E-state index in [0.29, 0.717) is 11.8 Å². The fourth-order valence-electron chi connectivity index (χ4n) is 4.07. The molecule has 2 atom stereocenters. The van der Waals surface area contributed by atoms with Crippen LogP contribution >= 0.6 is 0 Å². The van der Waals surface area contributed by atoms with Gasteiger partial charge in [-0.2, -0.15) is 12.8 Å². The summed E-state index contributed by atoms with van der Waals surface area (Å²) in [4.78, 5) is 0. The normalized spacial score (nSPS) is 20.1. The van der Waals surface area contributed by atoms with E-state index >= 15 is 0 Å². The van der Waals surface area contributed by atoms with Crippen molar-refractivity contribution in [2.45, 2.75) is 38.0 Å². The average molecular weight is 391 g/mol. The van der Waals surface area contributed by atoms with Crippen molar-refractivity contribution in [3.8, 4) is 0 Å². The molecule has 4 rings (SSSR count). The molecule has 0 fully saturated rings. The van der Waals surface area contributed by atoms with E-state index in [-0.39, 0.29) is 26.2 Å². The van der Waals surface area contributed by atoms with Crippen molar-refractivity contribution < 1.29 is 26.2 Å². The van der Waals surface area contributed by atoms with E-state index in [0.717, 1.165) is 0 Å². The molecule has 2 aliphatic rings. The Balaban J connectivity index is 0.00000169. The van der Waals surface area contributed by atoms with E-state index in [4.69, 9.17) is 0 Å². The second-order valence-electron chi connectivity index (χ2n) is 6.61. The van der Waals surface area contributed by atoms with E-state index in [1.807, 2.05) is 0 Å². The van der Waals surface area contributed by atoms with E-state index in [1.165, 1.54) is 41.5 Å². The van der Waals surface area contributed by atoms with Crippen molar-refractivity contribution in [3.05, 3.63) is 88.9 Å². The van der Waals surface area contributed by atoms with Crippen LogP contribution < -0.4 is 0 Å². The van der Waals surface area contributed by atoms with Crippen LogP contribution in [0.5, 0.6) is 0 Å². The maximum absolute atomic E-state index is 2.39. The Kier molecular flexibility index (Phi) is 5.72. The fourth-order valence-corrected chi connectivity index (χ4v) is 4.07. The zero-order valence-corrected chi connectivity index (χ0v) is 16.7. The van der Waals surface area contributed by atoms with Crippen molar-refractivity contribution in [2.75, 3.05) is 0 Å². The van der Waals surface area contributed by atoms with Crippen LogP contribution in [0.15, 0.2) is 60.7 Å². The second kappa shape index (κ2) is 7.79. The van der Waals surface area contributed by atoms with Crippen molar-refractivity contribution in [2.24, 2.45) is 0 Å². The van der Waals surface area contributed by atoms with Gasteiger partial charge >= 0.3 is 0 Å². The summed E-state index contributed by atoms with van der Waals surface area (Å²) in [7, 11) is 0. The van der Waals surface area contributed by atoms with Crippen LogP contribution in [0.25, 0.3) is 12.2 Å². The third kappa shape index (κ3) is 3.29. The number of hydrogen-bond acceptors (Lipinski definition) is 0. The van der Waals surface area contributed by atoms with Gasteiger partial charge < -0.3 is 5.92 Å². The predicted molar refractivity (Wildman–Crippen MR) is 99.2 cm³/mol. The Labute approximate surface area is 164 Å². The van der Waals surface area contributed by atoms with Gasteiger partial charge in [-0.1, -0.05) is 85.7 Å². The smallest absolute Gasteiger partial charge is 0.000306 e. The molecular formula is C23H23Zr-. The van der Waals surface area contributed by atoms with Crippen LogP contribution in [0.1, 0.15) is 60.3 Å². The first-order chi connectivity index (χ1) is 11.4. The third-order valence-corrected chi connectivity index (χ3v) is 5.37. The molecule has 2 aliphatic carbocycles. The van der Waals surface area contributed by atoms with Gasteiger partial charge in [0.2, 0.25) is 0 Å². The summed E-state index contributed by atoms with van der Waals surface area (Å²) in [6.07, 6.45) is 13.0. The van der Waals surface area contributed by atoms with Crippen molar-refractivity contribution in [1.82, 2.24) is 0 Å². The van der Waals surface area contributed by atoms with Gasteiger partial charge in [-0.25, -0.2) is 0 Å². The number of rotatable bonds is 5. The Morgan fingerprint density at radius 1 is 0.833 bits per heavy atom. The summed E-state index contributed by atoms with van der Waals surface area (Å²) >= 11 is 0. The Morgan fingerprint density at radius 3 is 2.21 bits per heavy atom. The molecule has 0 aromatic heterocycles. The van der Waals surface area contributed by atoms with Crippen molar-refractivity contribution in [1.29, 1.82) is 0 Å². The van der Waals surface area contributed by atoms with Crippen LogP contribution in [0.2, 0.25) is 0 Å². The monoisotopic (exact) mass is 389 g/mol. The Bertz CT molecular complexity index is 756. The minimum atomic E-state index is 0. The van der Waals surface area contributed by atoms with Gasteiger partial charge in [0, 0.05) is 32.1 Å². The molecular weight excluding hydrogens is 367 g/mol. The van der Waals surface area contributed by atoms with Gasteiger partial charge in [0.1, 0.15) is 0 Å². The van der Waals surface area contributed by atoms with Crippen LogP contribution in [0.3, 0.4) is 0 Å². The molecule has 0 N–H and O–H groups in total. The molecule has 0 saturated heterocycles. The van der Waals surface area contributed by atoms with Crippen LogP contribution in [0.4, 0.5) is 0 Å².